The fourth-order valence-electron chi connectivity index (χ4n) is 6.58. The van der Waals surface area contributed by atoms with Crippen LogP contribution in [0.15, 0.2) is 70.8 Å². The topological polar surface area (TPSA) is 440 Å². The summed E-state index contributed by atoms with van der Waals surface area (Å²) in [5.74, 6) is -8.54. The Kier molecular flexibility index (Phi) is 22.0. The SMILES string of the molecule is NC(N)=NCCC[C@H](NC(=O)[C@H](CCCN=C(N)N)NC(=O)[C@@H](N)CO)C(=O)NCC(=O)N[C@@H](CCC(=O)O)C(=O)N[C@@H](Cc1c[nH]c2ccccc12)C(=O)N[C@@H](Cc1ccccc1)C(=O)O. The number of hydrogen-bond acceptors (Lipinski definition) is 12. The van der Waals surface area contributed by atoms with E-state index in [0.29, 0.717) is 22.0 Å². The lowest BCUT2D eigenvalue weighted by Crippen LogP contribution is -2.58. The maximum Gasteiger partial charge on any atom is 0.326 e. The molecule has 20 N–H and O–H groups in total. The zero-order valence-corrected chi connectivity index (χ0v) is 36.6. The quantitative estimate of drug-likeness (QED) is 0.0179. The molecule has 0 fully saturated rings. The molecular formula is C42H60N14O11. The van der Waals surface area contributed by atoms with Crippen molar-refractivity contribution in [2.24, 2.45) is 38.7 Å². The smallest absolute Gasteiger partial charge is 0.326 e. The van der Waals surface area contributed by atoms with Gasteiger partial charge in [-0.1, -0.05) is 48.5 Å². The number of carboxylic acid groups (broad SMARTS) is 2. The molecule has 3 aromatic rings. The number of aliphatic hydroxyl groups is 1. The van der Waals surface area contributed by atoms with Crippen molar-refractivity contribution in [1.82, 2.24) is 36.9 Å². The minimum atomic E-state index is -1.58. The number of aromatic nitrogens is 1. The number of carboxylic acids is 2. The number of hydrogen-bond donors (Lipinski definition) is 15. The van der Waals surface area contributed by atoms with Crippen LogP contribution >= 0.6 is 0 Å². The Labute approximate surface area is 384 Å². The molecule has 0 saturated heterocycles. The number of aliphatic imine (C=N–C) groups is 2. The molecule has 67 heavy (non-hydrogen) atoms. The van der Waals surface area contributed by atoms with E-state index in [1.54, 1.807) is 60.8 Å². The van der Waals surface area contributed by atoms with Gasteiger partial charge >= 0.3 is 11.9 Å². The van der Waals surface area contributed by atoms with Gasteiger partial charge in [0, 0.05) is 49.5 Å². The van der Waals surface area contributed by atoms with Crippen molar-refractivity contribution < 1.29 is 53.7 Å². The van der Waals surface area contributed by atoms with E-state index >= 15 is 0 Å². The third kappa shape index (κ3) is 19.1. The van der Waals surface area contributed by atoms with Gasteiger partial charge in [0.2, 0.25) is 35.4 Å². The van der Waals surface area contributed by atoms with Crippen LogP contribution in [0.2, 0.25) is 0 Å². The van der Waals surface area contributed by atoms with Crippen LogP contribution < -0.4 is 60.6 Å². The van der Waals surface area contributed by atoms with Gasteiger partial charge in [-0.15, -0.1) is 0 Å². The van der Waals surface area contributed by atoms with E-state index in [-0.39, 0.29) is 63.5 Å². The summed E-state index contributed by atoms with van der Waals surface area (Å²) in [4.78, 5) is 116. The highest BCUT2D eigenvalue weighted by Crippen LogP contribution is 2.20. The van der Waals surface area contributed by atoms with Crippen LogP contribution in [0.4, 0.5) is 0 Å². The molecule has 1 aromatic heterocycles. The first-order valence-corrected chi connectivity index (χ1v) is 21.2. The van der Waals surface area contributed by atoms with Gasteiger partial charge in [0.25, 0.3) is 0 Å². The summed E-state index contributed by atoms with van der Waals surface area (Å²) in [6, 6.07) is 7.21. The van der Waals surface area contributed by atoms with E-state index in [9.17, 15) is 53.7 Å². The number of carbonyl (C=O) groups excluding carboxylic acids is 6. The van der Waals surface area contributed by atoms with Crippen molar-refractivity contribution in [2.75, 3.05) is 26.2 Å². The van der Waals surface area contributed by atoms with Gasteiger partial charge in [0.05, 0.1) is 13.2 Å². The van der Waals surface area contributed by atoms with Gasteiger partial charge in [-0.05, 0) is 49.3 Å². The molecule has 0 bridgehead atoms. The number of rotatable bonds is 29. The fraction of sp³-hybridized carbons (Fsp3) is 0.429. The van der Waals surface area contributed by atoms with Crippen LogP contribution in [0.1, 0.15) is 49.7 Å². The van der Waals surface area contributed by atoms with Crippen LogP contribution in [0.25, 0.3) is 10.9 Å². The molecule has 6 amide bonds. The normalized spacial score (nSPS) is 13.5. The minimum Gasteiger partial charge on any atom is -0.481 e. The van der Waals surface area contributed by atoms with Crippen molar-refractivity contribution in [3.63, 3.8) is 0 Å². The number of guanidine groups is 2. The van der Waals surface area contributed by atoms with E-state index < -0.39 is 110 Å². The molecule has 0 aliphatic rings. The van der Waals surface area contributed by atoms with Crippen molar-refractivity contribution in [3.05, 3.63) is 71.9 Å². The lowest BCUT2D eigenvalue weighted by molar-refractivity contribution is -0.142. The number of carbonyl (C=O) groups is 8. The largest absolute Gasteiger partial charge is 0.481 e. The standard InChI is InChI=1S/C42H60N14O11/c43-26(22-57)35(61)53-29(13-7-17-49-42(46)47)37(63)54-28(12-6-16-48-41(44)45)36(62)51-21-33(58)52-30(14-15-34(59)60)38(64)55-31(19-24-20-50-27-11-5-4-10-25(24)27)39(65)56-32(40(66)67)18-23-8-2-1-3-9-23/h1-5,8-11,20,26,28-32,50,57H,6-7,12-19,21-22,43H2,(H,51,62)(H,52,58)(H,53,61)(H,54,63)(H,55,64)(H,56,65)(H,59,60)(H,66,67)(H4,44,45,48)(H4,46,47,49)/t26-,28-,29-,30-,31-,32-/m0/s1. The number of amides is 6. The second-order valence-corrected chi connectivity index (χ2v) is 15.3. The van der Waals surface area contributed by atoms with Gasteiger partial charge in [-0.3, -0.25) is 43.5 Å². The molecule has 0 aliphatic carbocycles. The molecule has 3 rings (SSSR count). The van der Waals surface area contributed by atoms with Crippen molar-refractivity contribution in [3.8, 4) is 0 Å². The van der Waals surface area contributed by atoms with Crippen molar-refractivity contribution in [2.45, 2.75) is 87.6 Å². The number of aromatic amines is 1. The first-order chi connectivity index (χ1) is 31.9. The Morgan fingerprint density at radius 2 is 1.13 bits per heavy atom. The number of H-pyrrole nitrogens is 1. The Bertz CT molecular complexity index is 2230. The second-order valence-electron chi connectivity index (χ2n) is 15.3. The molecule has 364 valence electrons. The summed E-state index contributed by atoms with van der Waals surface area (Å²) < 4.78 is 0. The summed E-state index contributed by atoms with van der Waals surface area (Å²) in [5.41, 5.74) is 29.1. The molecular weight excluding hydrogens is 877 g/mol. The average Bonchev–Trinajstić information content (AvgIpc) is 3.70. The van der Waals surface area contributed by atoms with Crippen molar-refractivity contribution in [1.29, 1.82) is 0 Å². The van der Waals surface area contributed by atoms with Gasteiger partial charge in [-0.2, -0.15) is 0 Å². The second kappa shape index (κ2) is 27.5. The van der Waals surface area contributed by atoms with Gasteiger partial charge in [0.15, 0.2) is 11.9 Å². The number of para-hydroxylation sites is 1. The van der Waals surface area contributed by atoms with E-state index in [2.05, 4.69) is 46.9 Å². The third-order valence-corrected chi connectivity index (χ3v) is 10.0. The molecule has 0 radical (unpaired) electrons. The van der Waals surface area contributed by atoms with Gasteiger partial charge < -0.3 is 80.9 Å². The van der Waals surface area contributed by atoms with E-state index in [4.69, 9.17) is 28.7 Å². The molecule has 1 heterocycles. The number of nitrogens with two attached hydrogens (primary N) is 5. The van der Waals surface area contributed by atoms with Crippen LogP contribution in [0.5, 0.6) is 0 Å². The van der Waals surface area contributed by atoms with E-state index in [1.807, 2.05) is 0 Å². The lowest BCUT2D eigenvalue weighted by atomic mass is 10.0. The lowest BCUT2D eigenvalue weighted by Gasteiger charge is -2.25. The zero-order chi connectivity index (χ0) is 49.5. The number of benzene rings is 2. The van der Waals surface area contributed by atoms with E-state index in [0.717, 1.165) is 0 Å². The Hall–Kier alpha value is -7.80. The van der Waals surface area contributed by atoms with Crippen molar-refractivity contribution >= 4 is 70.2 Å². The molecule has 25 heteroatoms. The summed E-state index contributed by atoms with van der Waals surface area (Å²) >= 11 is 0. The first-order valence-electron chi connectivity index (χ1n) is 21.2. The highest BCUT2D eigenvalue weighted by molar-refractivity contribution is 5.96. The summed E-state index contributed by atoms with van der Waals surface area (Å²) in [7, 11) is 0. The van der Waals surface area contributed by atoms with Gasteiger partial charge in [0.1, 0.15) is 36.3 Å². The van der Waals surface area contributed by atoms with Crippen LogP contribution in [0, 0.1) is 0 Å². The predicted molar refractivity (Wildman–Crippen MR) is 244 cm³/mol. The Morgan fingerprint density at radius 3 is 1.72 bits per heavy atom. The number of nitrogens with zero attached hydrogens (tertiary/aromatic N) is 2. The molecule has 0 unspecified atom stereocenters. The third-order valence-electron chi connectivity index (χ3n) is 10.0. The summed E-state index contributed by atoms with van der Waals surface area (Å²) in [6.45, 7) is -1.40. The number of aliphatic hydroxyl groups excluding tert-OH is 1. The summed E-state index contributed by atoms with van der Waals surface area (Å²) in [5, 5.41) is 44.3. The molecule has 0 saturated carbocycles. The molecule has 6 atom stereocenters. The van der Waals surface area contributed by atoms with Crippen LogP contribution in [-0.4, -0.2) is 142 Å². The maximum atomic E-state index is 13.9. The number of aliphatic carboxylic acids is 2. The Morgan fingerprint density at radius 1 is 0.612 bits per heavy atom. The minimum absolute atomic E-state index is 0.0326. The summed E-state index contributed by atoms with van der Waals surface area (Å²) in [6.07, 6.45) is 0.520. The predicted octanol–water partition coefficient (Wildman–Crippen LogP) is -4.13. The van der Waals surface area contributed by atoms with Crippen LogP contribution in [-0.2, 0) is 51.2 Å². The fourth-order valence-corrected chi connectivity index (χ4v) is 6.58. The molecule has 25 nitrogen and oxygen atoms in total. The maximum absolute atomic E-state index is 13.9. The molecule has 0 spiro atoms. The van der Waals surface area contributed by atoms with E-state index in [1.165, 1.54) is 0 Å². The first kappa shape index (κ1) is 53.5. The number of fused-ring (bicyclic) bond motifs is 1. The Balaban J connectivity index is 1.82. The highest BCUT2D eigenvalue weighted by atomic mass is 16.4. The van der Waals surface area contributed by atoms with Crippen LogP contribution in [0.3, 0.4) is 0 Å². The van der Waals surface area contributed by atoms with Gasteiger partial charge in [-0.25, -0.2) is 4.79 Å². The number of nitrogens with one attached hydrogen (secondary N) is 7. The zero-order valence-electron chi connectivity index (χ0n) is 36.6. The molecule has 2 aromatic carbocycles. The molecule has 0 aliphatic heterocycles. The average molecular weight is 937 g/mol. The highest BCUT2D eigenvalue weighted by Gasteiger charge is 2.32. The monoisotopic (exact) mass is 936 g/mol.